The highest BCUT2D eigenvalue weighted by Crippen LogP contribution is 2.64. The van der Waals surface area contributed by atoms with Crippen LogP contribution in [0.1, 0.15) is 22.3 Å². The van der Waals surface area contributed by atoms with Crippen molar-refractivity contribution >= 4 is 27.8 Å². The summed E-state index contributed by atoms with van der Waals surface area (Å²) in [5.74, 6) is 0. The van der Waals surface area contributed by atoms with Crippen LogP contribution in [0.4, 0.5) is 17.1 Å². The van der Waals surface area contributed by atoms with Gasteiger partial charge in [0.05, 0.1) is 5.41 Å². The zero-order chi connectivity index (χ0) is 27.7. The molecule has 1 unspecified atom stereocenters. The maximum Gasteiger partial charge on any atom is 0.0726 e. The van der Waals surface area contributed by atoms with Gasteiger partial charge < -0.3 is 4.90 Å². The topological polar surface area (TPSA) is 3.24 Å². The lowest BCUT2D eigenvalue weighted by Crippen LogP contribution is -2.26. The zero-order valence-electron chi connectivity index (χ0n) is 23.0. The number of nitrogens with zero attached hydrogens (tertiary/aromatic N) is 1. The molecule has 196 valence electrons. The molecule has 0 bridgehead atoms. The van der Waals surface area contributed by atoms with Gasteiger partial charge in [-0.2, -0.15) is 0 Å². The summed E-state index contributed by atoms with van der Waals surface area (Å²) in [6, 6.07) is 60.1. The molecular formula is C41H27N. The first-order valence-electron chi connectivity index (χ1n) is 14.6. The van der Waals surface area contributed by atoms with Crippen LogP contribution in [0.3, 0.4) is 0 Å². The van der Waals surface area contributed by atoms with E-state index in [9.17, 15) is 0 Å². The Labute approximate surface area is 246 Å². The van der Waals surface area contributed by atoms with Crippen molar-refractivity contribution in [2.45, 2.75) is 5.41 Å². The SMILES string of the molecule is c1ccc(N(c2ccccc2)c2ccc3c(c2)C2(c4ccccc4-3)c3ccccc3-c3c2ccc2ccccc32)cc1. The number of para-hydroxylation sites is 2. The van der Waals surface area contributed by atoms with Crippen LogP contribution >= 0.6 is 0 Å². The molecule has 0 saturated heterocycles. The van der Waals surface area contributed by atoms with Crippen LogP contribution in [0.5, 0.6) is 0 Å². The van der Waals surface area contributed by atoms with E-state index in [0.717, 1.165) is 17.1 Å². The van der Waals surface area contributed by atoms with Gasteiger partial charge in [-0.1, -0.05) is 127 Å². The Morgan fingerprint density at radius 2 is 0.929 bits per heavy atom. The quantitative estimate of drug-likeness (QED) is 0.218. The normalized spacial score (nSPS) is 15.7. The minimum atomic E-state index is -0.392. The lowest BCUT2D eigenvalue weighted by Gasteiger charge is -2.32. The highest BCUT2D eigenvalue weighted by molar-refractivity contribution is 6.06. The van der Waals surface area contributed by atoms with Gasteiger partial charge in [-0.3, -0.25) is 0 Å². The van der Waals surface area contributed by atoms with E-state index in [2.05, 4.69) is 169 Å². The minimum Gasteiger partial charge on any atom is -0.310 e. The van der Waals surface area contributed by atoms with E-state index in [-0.39, 0.29) is 0 Å². The summed E-state index contributed by atoms with van der Waals surface area (Å²) in [5.41, 5.74) is 13.8. The van der Waals surface area contributed by atoms with Crippen molar-refractivity contribution in [3.63, 3.8) is 0 Å². The van der Waals surface area contributed by atoms with Crippen LogP contribution in [0.2, 0.25) is 0 Å². The third-order valence-electron chi connectivity index (χ3n) is 9.25. The Morgan fingerprint density at radius 1 is 0.357 bits per heavy atom. The molecule has 0 saturated carbocycles. The molecule has 0 heterocycles. The third-order valence-corrected chi connectivity index (χ3v) is 9.25. The number of benzene rings is 7. The molecular weight excluding hydrogens is 506 g/mol. The Balaban J connectivity index is 1.39. The average Bonchev–Trinajstić information content (AvgIpc) is 3.53. The van der Waals surface area contributed by atoms with E-state index in [0.29, 0.717) is 0 Å². The van der Waals surface area contributed by atoms with E-state index in [1.165, 1.54) is 55.3 Å². The summed E-state index contributed by atoms with van der Waals surface area (Å²) >= 11 is 0. The minimum absolute atomic E-state index is 0.392. The molecule has 0 aliphatic heterocycles. The Morgan fingerprint density at radius 3 is 1.67 bits per heavy atom. The van der Waals surface area contributed by atoms with Crippen LogP contribution in [-0.2, 0) is 5.41 Å². The fourth-order valence-electron chi connectivity index (χ4n) is 7.64. The molecule has 0 amide bonds. The maximum atomic E-state index is 2.45. The molecule has 7 aromatic rings. The molecule has 0 N–H and O–H groups in total. The number of fused-ring (bicyclic) bond motifs is 12. The van der Waals surface area contributed by atoms with Crippen LogP contribution in [-0.4, -0.2) is 0 Å². The van der Waals surface area contributed by atoms with Gasteiger partial charge in [0.15, 0.2) is 0 Å². The van der Waals surface area contributed by atoms with Gasteiger partial charge in [0.25, 0.3) is 0 Å². The highest BCUT2D eigenvalue weighted by atomic mass is 15.1. The molecule has 1 nitrogen and oxygen atoms in total. The molecule has 2 aliphatic rings. The van der Waals surface area contributed by atoms with Gasteiger partial charge >= 0.3 is 0 Å². The summed E-state index contributed by atoms with van der Waals surface area (Å²) in [6.45, 7) is 0. The van der Waals surface area contributed by atoms with Crippen molar-refractivity contribution < 1.29 is 0 Å². The summed E-state index contributed by atoms with van der Waals surface area (Å²) in [4.78, 5) is 2.37. The Bertz CT molecular complexity index is 2110. The third kappa shape index (κ3) is 3.03. The molecule has 42 heavy (non-hydrogen) atoms. The lowest BCUT2D eigenvalue weighted by atomic mass is 9.70. The maximum absolute atomic E-state index is 2.45. The summed E-state index contributed by atoms with van der Waals surface area (Å²) in [6.07, 6.45) is 0. The molecule has 0 aromatic heterocycles. The number of hydrogen-bond acceptors (Lipinski definition) is 1. The van der Waals surface area contributed by atoms with E-state index in [1.807, 2.05) is 0 Å². The van der Waals surface area contributed by atoms with Crippen LogP contribution in [0, 0.1) is 0 Å². The Kier molecular flexibility index (Phi) is 4.88. The van der Waals surface area contributed by atoms with Gasteiger partial charge in [0.2, 0.25) is 0 Å². The largest absolute Gasteiger partial charge is 0.310 e. The molecule has 0 radical (unpaired) electrons. The summed E-state index contributed by atoms with van der Waals surface area (Å²) in [5, 5.41) is 2.60. The molecule has 2 aliphatic carbocycles. The van der Waals surface area contributed by atoms with Gasteiger partial charge in [-0.15, -0.1) is 0 Å². The first kappa shape index (κ1) is 23.3. The second-order valence-electron chi connectivity index (χ2n) is 11.3. The smallest absolute Gasteiger partial charge is 0.0726 e. The predicted octanol–water partition coefficient (Wildman–Crippen LogP) is 10.7. The molecule has 7 aromatic carbocycles. The number of hydrogen-bond donors (Lipinski definition) is 0. The van der Waals surface area contributed by atoms with Crippen molar-refractivity contribution in [1.29, 1.82) is 0 Å². The lowest BCUT2D eigenvalue weighted by molar-refractivity contribution is 0.794. The van der Waals surface area contributed by atoms with Gasteiger partial charge in [-0.05, 0) is 91.7 Å². The van der Waals surface area contributed by atoms with Crippen LogP contribution in [0.25, 0.3) is 33.0 Å². The van der Waals surface area contributed by atoms with E-state index in [4.69, 9.17) is 0 Å². The van der Waals surface area contributed by atoms with E-state index in [1.54, 1.807) is 0 Å². The van der Waals surface area contributed by atoms with E-state index >= 15 is 0 Å². The predicted molar refractivity (Wildman–Crippen MR) is 175 cm³/mol. The Hall–Kier alpha value is -5.40. The van der Waals surface area contributed by atoms with Crippen molar-refractivity contribution in [3.8, 4) is 22.3 Å². The highest BCUT2D eigenvalue weighted by Gasteiger charge is 2.52. The number of rotatable bonds is 3. The summed E-state index contributed by atoms with van der Waals surface area (Å²) in [7, 11) is 0. The van der Waals surface area contributed by atoms with Gasteiger partial charge in [-0.25, -0.2) is 0 Å². The van der Waals surface area contributed by atoms with E-state index < -0.39 is 5.41 Å². The first-order chi connectivity index (χ1) is 20.9. The fraction of sp³-hybridized carbons (Fsp3) is 0.0244. The average molecular weight is 534 g/mol. The molecule has 0 fully saturated rings. The molecule has 1 spiro atoms. The molecule has 1 atom stereocenters. The second-order valence-corrected chi connectivity index (χ2v) is 11.3. The standard InChI is InChI=1S/C41H27N/c1-3-14-29(15-4-1)42(30-16-5-2-6-17-30)31-24-25-34-33-19-9-11-21-36(33)41(39(34)27-31)37-22-12-10-20-35(37)40-32-18-8-7-13-28(32)23-26-38(40)41/h1-27H. The fourth-order valence-corrected chi connectivity index (χ4v) is 7.64. The van der Waals surface area contributed by atoms with Crippen molar-refractivity contribution in [2.75, 3.05) is 4.90 Å². The van der Waals surface area contributed by atoms with Crippen LogP contribution in [0.15, 0.2) is 164 Å². The summed E-state index contributed by atoms with van der Waals surface area (Å²) < 4.78 is 0. The zero-order valence-corrected chi connectivity index (χ0v) is 23.0. The molecule has 9 rings (SSSR count). The van der Waals surface area contributed by atoms with Crippen molar-refractivity contribution in [2.24, 2.45) is 0 Å². The van der Waals surface area contributed by atoms with Crippen LogP contribution < -0.4 is 4.90 Å². The van der Waals surface area contributed by atoms with Gasteiger partial charge in [0, 0.05) is 17.1 Å². The second kappa shape index (κ2) is 8.80. The van der Waals surface area contributed by atoms with Crippen molar-refractivity contribution in [3.05, 3.63) is 186 Å². The number of anilines is 3. The first-order valence-corrected chi connectivity index (χ1v) is 14.6. The molecule has 1 heteroatoms. The van der Waals surface area contributed by atoms with Gasteiger partial charge in [0.1, 0.15) is 0 Å². The monoisotopic (exact) mass is 533 g/mol. The van der Waals surface area contributed by atoms with Crippen molar-refractivity contribution in [1.82, 2.24) is 0 Å².